The van der Waals surface area contributed by atoms with E-state index in [4.69, 9.17) is 9.47 Å². The highest BCUT2D eigenvalue weighted by Crippen LogP contribution is 2.28. The monoisotopic (exact) mass is 357 g/mol. The van der Waals surface area contributed by atoms with Crippen LogP contribution < -0.4 is 20.5 Å². The molecule has 0 bridgehead atoms. The molecule has 1 aromatic heterocycles. The quantitative estimate of drug-likeness (QED) is 0.609. The zero-order valence-electron chi connectivity index (χ0n) is 15.4. The van der Waals surface area contributed by atoms with Gasteiger partial charge in [0.2, 0.25) is 0 Å². The minimum Gasteiger partial charge on any atom is -0.490 e. The van der Waals surface area contributed by atoms with E-state index in [9.17, 15) is 9.59 Å². The average Bonchev–Trinajstić information content (AvgIpc) is 2.59. The first-order valence-electron chi connectivity index (χ1n) is 8.35. The number of nitrogens with zero attached hydrogens (tertiary/aromatic N) is 2. The van der Waals surface area contributed by atoms with Gasteiger partial charge in [0.05, 0.1) is 18.9 Å². The van der Waals surface area contributed by atoms with Gasteiger partial charge in [-0.15, -0.1) is 0 Å². The third-order valence-electron chi connectivity index (χ3n) is 3.38. The van der Waals surface area contributed by atoms with E-state index in [1.54, 1.807) is 37.5 Å². The van der Waals surface area contributed by atoms with Gasteiger partial charge in [-0.2, -0.15) is 5.10 Å². The van der Waals surface area contributed by atoms with Crippen LogP contribution in [0.5, 0.6) is 11.5 Å². The van der Waals surface area contributed by atoms with Crippen LogP contribution in [0.2, 0.25) is 0 Å². The number of hydrogen-bond acceptors (Lipinski definition) is 5. The summed E-state index contributed by atoms with van der Waals surface area (Å²) >= 11 is 0. The van der Waals surface area contributed by atoms with E-state index in [0.29, 0.717) is 18.1 Å². The normalized spacial score (nSPS) is 11.0. The summed E-state index contributed by atoms with van der Waals surface area (Å²) in [6.07, 6.45) is 3.09. The Balaban J connectivity index is 2.12. The highest BCUT2D eigenvalue weighted by molar-refractivity contribution is 5.94. The molecule has 0 spiro atoms. The first kappa shape index (κ1) is 19.2. The molecule has 0 aliphatic heterocycles. The summed E-state index contributed by atoms with van der Waals surface area (Å²) in [4.78, 5) is 24.0. The Bertz CT molecular complexity index is 856. The Hall–Kier alpha value is -3.09. The Labute approximate surface area is 152 Å². The van der Waals surface area contributed by atoms with Crippen LogP contribution in [-0.4, -0.2) is 29.4 Å². The molecule has 138 valence electrons. The first-order chi connectivity index (χ1) is 12.4. The number of hydrogen-bond donors (Lipinski definition) is 1. The molecule has 0 saturated heterocycles. The highest BCUT2D eigenvalue weighted by atomic mass is 16.5. The van der Waals surface area contributed by atoms with E-state index >= 15 is 0 Å². The number of carbonyl (C=O) groups is 1. The molecule has 1 heterocycles. The number of hydrazone groups is 1. The van der Waals surface area contributed by atoms with Crippen molar-refractivity contribution < 1.29 is 14.3 Å². The van der Waals surface area contributed by atoms with Gasteiger partial charge in [0, 0.05) is 13.2 Å². The molecule has 0 radical (unpaired) electrons. The van der Waals surface area contributed by atoms with Crippen molar-refractivity contribution in [3.8, 4) is 11.5 Å². The van der Waals surface area contributed by atoms with Crippen LogP contribution in [-0.2, 0) is 7.05 Å². The van der Waals surface area contributed by atoms with Gasteiger partial charge in [0.15, 0.2) is 11.5 Å². The van der Waals surface area contributed by atoms with Crippen molar-refractivity contribution in [2.75, 3.05) is 6.61 Å². The van der Waals surface area contributed by atoms with Crippen LogP contribution >= 0.6 is 0 Å². The summed E-state index contributed by atoms with van der Waals surface area (Å²) in [6, 6.07) is 8.46. The fourth-order valence-electron chi connectivity index (χ4n) is 2.22. The molecular formula is C19H23N3O4. The minimum absolute atomic E-state index is 0.0292. The molecular weight excluding hydrogens is 334 g/mol. The predicted octanol–water partition coefficient (Wildman–Crippen LogP) is 2.34. The Morgan fingerprint density at radius 2 is 2.08 bits per heavy atom. The van der Waals surface area contributed by atoms with E-state index in [-0.39, 0.29) is 17.2 Å². The number of carbonyl (C=O) groups excluding carboxylic acids is 1. The fourth-order valence-corrected chi connectivity index (χ4v) is 2.22. The molecule has 2 aromatic rings. The van der Waals surface area contributed by atoms with Gasteiger partial charge in [-0.1, -0.05) is 0 Å². The van der Waals surface area contributed by atoms with Crippen LogP contribution in [0, 0.1) is 0 Å². The number of amides is 1. The Morgan fingerprint density at radius 3 is 2.77 bits per heavy atom. The summed E-state index contributed by atoms with van der Waals surface area (Å²) in [5.74, 6) is 0.691. The second-order valence-electron chi connectivity index (χ2n) is 5.84. The van der Waals surface area contributed by atoms with Crippen molar-refractivity contribution in [1.82, 2.24) is 9.99 Å². The minimum atomic E-state index is -0.563. The smallest absolute Gasteiger partial charge is 0.276 e. The number of ether oxygens (including phenoxy) is 2. The van der Waals surface area contributed by atoms with Gasteiger partial charge in [0.1, 0.15) is 5.56 Å². The SMILES string of the molecule is CCOc1cc(/C=N\NC(=O)c2cccn(C)c2=O)ccc1OC(C)C. The lowest BCUT2D eigenvalue weighted by atomic mass is 10.2. The van der Waals surface area contributed by atoms with E-state index in [0.717, 1.165) is 5.56 Å². The second kappa shape index (κ2) is 8.84. The van der Waals surface area contributed by atoms with Crippen LogP contribution in [0.4, 0.5) is 0 Å². The third-order valence-corrected chi connectivity index (χ3v) is 3.38. The maximum absolute atomic E-state index is 12.1. The molecule has 7 heteroatoms. The van der Waals surface area contributed by atoms with Crippen molar-refractivity contribution in [2.45, 2.75) is 26.9 Å². The zero-order valence-corrected chi connectivity index (χ0v) is 15.4. The van der Waals surface area contributed by atoms with E-state index in [1.165, 1.54) is 16.8 Å². The Morgan fingerprint density at radius 1 is 1.31 bits per heavy atom. The van der Waals surface area contributed by atoms with Crippen molar-refractivity contribution in [2.24, 2.45) is 12.1 Å². The summed E-state index contributed by atoms with van der Waals surface area (Å²) in [7, 11) is 1.58. The lowest BCUT2D eigenvalue weighted by Gasteiger charge is -2.14. The fraction of sp³-hybridized carbons (Fsp3) is 0.316. The maximum atomic E-state index is 12.1. The van der Waals surface area contributed by atoms with Crippen LogP contribution in [0.25, 0.3) is 0 Å². The van der Waals surface area contributed by atoms with Gasteiger partial charge >= 0.3 is 0 Å². The van der Waals surface area contributed by atoms with Crippen LogP contribution in [0.15, 0.2) is 46.4 Å². The average molecular weight is 357 g/mol. The maximum Gasteiger partial charge on any atom is 0.276 e. The first-order valence-corrected chi connectivity index (χ1v) is 8.35. The summed E-state index contributed by atoms with van der Waals surface area (Å²) in [5, 5.41) is 3.91. The lowest BCUT2D eigenvalue weighted by Crippen LogP contribution is -2.29. The largest absolute Gasteiger partial charge is 0.490 e. The number of rotatable bonds is 7. The second-order valence-corrected chi connectivity index (χ2v) is 5.84. The molecule has 1 N–H and O–H groups in total. The molecule has 7 nitrogen and oxygen atoms in total. The molecule has 0 aliphatic rings. The Kier molecular flexibility index (Phi) is 6.54. The summed E-state index contributed by atoms with van der Waals surface area (Å²) in [5.41, 5.74) is 2.74. The molecule has 0 saturated carbocycles. The zero-order chi connectivity index (χ0) is 19.1. The number of benzene rings is 1. The molecule has 2 rings (SSSR count). The van der Waals surface area contributed by atoms with Crippen molar-refractivity contribution in [3.05, 3.63) is 58.0 Å². The summed E-state index contributed by atoms with van der Waals surface area (Å²) < 4.78 is 12.6. The summed E-state index contributed by atoms with van der Waals surface area (Å²) in [6.45, 7) is 6.27. The number of aromatic nitrogens is 1. The van der Waals surface area contributed by atoms with Gasteiger partial charge < -0.3 is 14.0 Å². The third kappa shape index (κ3) is 4.95. The van der Waals surface area contributed by atoms with Gasteiger partial charge in [-0.05, 0) is 56.7 Å². The number of aryl methyl sites for hydroxylation is 1. The van der Waals surface area contributed by atoms with Crippen molar-refractivity contribution in [3.63, 3.8) is 0 Å². The van der Waals surface area contributed by atoms with Gasteiger partial charge in [-0.25, -0.2) is 5.43 Å². The van der Waals surface area contributed by atoms with E-state index in [1.807, 2.05) is 20.8 Å². The van der Waals surface area contributed by atoms with Crippen molar-refractivity contribution in [1.29, 1.82) is 0 Å². The van der Waals surface area contributed by atoms with Crippen molar-refractivity contribution >= 4 is 12.1 Å². The standard InChI is InChI=1S/C19H23N3O4/c1-5-25-17-11-14(8-9-16(17)26-13(2)3)12-20-21-18(23)15-7-6-10-22(4)19(15)24/h6-13H,5H2,1-4H3,(H,21,23)/b20-12-. The van der Waals surface area contributed by atoms with Gasteiger partial charge in [0.25, 0.3) is 11.5 Å². The molecule has 0 atom stereocenters. The number of nitrogens with one attached hydrogen (secondary N) is 1. The highest BCUT2D eigenvalue weighted by Gasteiger charge is 2.10. The van der Waals surface area contributed by atoms with Gasteiger partial charge in [-0.3, -0.25) is 9.59 Å². The number of pyridine rings is 1. The van der Waals surface area contributed by atoms with E-state index < -0.39 is 5.91 Å². The molecule has 1 aromatic carbocycles. The molecule has 0 aliphatic carbocycles. The molecule has 0 unspecified atom stereocenters. The van der Waals surface area contributed by atoms with Crippen LogP contribution in [0.3, 0.4) is 0 Å². The topological polar surface area (TPSA) is 81.9 Å². The molecule has 1 amide bonds. The van der Waals surface area contributed by atoms with E-state index in [2.05, 4.69) is 10.5 Å². The molecule has 26 heavy (non-hydrogen) atoms. The lowest BCUT2D eigenvalue weighted by molar-refractivity contribution is 0.0953. The predicted molar refractivity (Wildman–Crippen MR) is 100 cm³/mol. The molecule has 0 fully saturated rings. The van der Waals surface area contributed by atoms with Crippen LogP contribution in [0.1, 0.15) is 36.7 Å².